The summed E-state index contributed by atoms with van der Waals surface area (Å²) < 4.78 is 0.777. The van der Waals surface area contributed by atoms with Crippen molar-refractivity contribution in [3.63, 3.8) is 0 Å². The number of aliphatic hydroxyl groups excluding tert-OH is 1. The van der Waals surface area contributed by atoms with Crippen molar-refractivity contribution in [3.8, 4) is 11.9 Å². The molecule has 0 unspecified atom stereocenters. The number of hydrogen-bond donors (Lipinski definition) is 2. The molecule has 0 aliphatic heterocycles. The van der Waals surface area contributed by atoms with E-state index >= 15 is 0 Å². The molecule has 0 spiro atoms. The molecule has 10 nitrogen and oxygen atoms in total. The predicted molar refractivity (Wildman–Crippen MR) is 96.2 cm³/mol. The normalized spacial score (nSPS) is 10.9. The average Bonchev–Trinajstić information content (AvgIpc) is 2.60. The molecular weight excluding hydrogens is 401 g/mol. The fraction of sp³-hybridized carbons (Fsp3) is 0.200. The minimum Gasteiger partial charge on any atom is -0.493 e. The van der Waals surface area contributed by atoms with Gasteiger partial charge in [-0.3, -0.25) is 19.5 Å². The highest BCUT2D eigenvalue weighted by Gasteiger charge is 2.20. The highest BCUT2D eigenvalue weighted by atomic mass is 35.5. The summed E-state index contributed by atoms with van der Waals surface area (Å²) in [6, 6.07) is 3.80. The molecule has 1 aromatic heterocycles. The van der Waals surface area contributed by atoms with Crippen LogP contribution in [0.3, 0.4) is 0 Å². The van der Waals surface area contributed by atoms with Crippen LogP contribution in [0.5, 0.6) is 5.88 Å². The minimum absolute atomic E-state index is 0.0621. The fourth-order valence-electron chi connectivity index (χ4n) is 2.22. The number of aromatic hydroxyl groups is 1. The van der Waals surface area contributed by atoms with Gasteiger partial charge in [0.15, 0.2) is 5.69 Å². The van der Waals surface area contributed by atoms with Crippen LogP contribution in [0, 0.1) is 28.4 Å². The van der Waals surface area contributed by atoms with E-state index < -0.39 is 23.0 Å². The molecule has 2 rings (SSSR count). The molecule has 1 heterocycles. The third kappa shape index (κ3) is 3.90. The lowest BCUT2D eigenvalue weighted by atomic mass is 10.1. The second-order valence-corrected chi connectivity index (χ2v) is 5.99. The molecular formula is C15H11Cl2N5O5. The number of rotatable bonds is 5. The molecule has 0 bridgehead atoms. The van der Waals surface area contributed by atoms with E-state index in [1.54, 1.807) is 6.07 Å². The Kier molecular flexibility index (Phi) is 6.12. The molecule has 0 aliphatic rings. The van der Waals surface area contributed by atoms with Crippen LogP contribution in [0.4, 0.5) is 17.1 Å². The van der Waals surface area contributed by atoms with E-state index in [4.69, 9.17) is 28.3 Å². The summed E-state index contributed by atoms with van der Waals surface area (Å²) in [6.45, 7) is 0.662. The zero-order valence-corrected chi connectivity index (χ0v) is 15.2. The Morgan fingerprint density at radius 2 is 1.85 bits per heavy atom. The number of halogens is 2. The van der Waals surface area contributed by atoms with Crippen LogP contribution in [0.15, 0.2) is 27.2 Å². The molecule has 27 heavy (non-hydrogen) atoms. The molecule has 2 N–H and O–H groups in total. The zero-order chi connectivity index (χ0) is 20.3. The first-order chi connectivity index (χ1) is 12.7. The van der Waals surface area contributed by atoms with E-state index in [2.05, 4.69) is 10.2 Å². The number of hydrogen-bond acceptors (Lipinski definition) is 8. The number of aromatic nitrogens is 1. The van der Waals surface area contributed by atoms with E-state index in [0.29, 0.717) is 0 Å². The number of nitriles is 1. The maximum absolute atomic E-state index is 12.5. The Bertz CT molecular complexity index is 1040. The largest absolute Gasteiger partial charge is 0.493 e. The van der Waals surface area contributed by atoms with E-state index in [1.165, 1.54) is 6.92 Å². The van der Waals surface area contributed by atoms with Crippen LogP contribution in [-0.4, -0.2) is 26.3 Å². The lowest BCUT2D eigenvalue weighted by Gasteiger charge is -2.11. The number of nitrogens with zero attached hydrogens (tertiary/aromatic N) is 5. The standard InChI is InChI=1S/C15H11Cl2N5O5/c1-7-9(6-18)14(24)21(2-3-23)15(25)12(7)19-20-13-10(16)4-8(22(26)27)5-11(13)17/h4-5,23-24H,2-3H2,1H3. The van der Waals surface area contributed by atoms with Crippen molar-refractivity contribution in [2.24, 2.45) is 10.2 Å². The predicted octanol–water partition coefficient (Wildman–Crippen LogP) is 3.36. The molecule has 0 radical (unpaired) electrons. The van der Waals surface area contributed by atoms with Gasteiger partial charge in [-0.15, -0.1) is 10.2 Å². The van der Waals surface area contributed by atoms with Gasteiger partial charge in [0.2, 0.25) is 5.88 Å². The molecule has 140 valence electrons. The first-order valence-electron chi connectivity index (χ1n) is 7.25. The van der Waals surface area contributed by atoms with E-state index in [9.17, 15) is 25.3 Å². The van der Waals surface area contributed by atoms with E-state index in [0.717, 1.165) is 16.7 Å². The van der Waals surface area contributed by atoms with Gasteiger partial charge < -0.3 is 10.2 Å². The molecule has 0 amide bonds. The van der Waals surface area contributed by atoms with Crippen molar-refractivity contribution >= 4 is 40.3 Å². The maximum Gasteiger partial charge on any atom is 0.281 e. The second-order valence-electron chi connectivity index (χ2n) is 5.18. The Balaban J connectivity index is 2.65. The van der Waals surface area contributed by atoms with Gasteiger partial charge >= 0.3 is 0 Å². The quantitative estimate of drug-likeness (QED) is 0.436. The van der Waals surface area contributed by atoms with Crippen LogP contribution < -0.4 is 5.56 Å². The molecule has 12 heteroatoms. The third-order valence-electron chi connectivity index (χ3n) is 3.56. The number of non-ortho nitro benzene ring substituents is 1. The Hall–Kier alpha value is -3.00. The van der Waals surface area contributed by atoms with Crippen LogP contribution in [0.2, 0.25) is 10.0 Å². The van der Waals surface area contributed by atoms with Crippen molar-refractivity contribution in [1.82, 2.24) is 4.57 Å². The monoisotopic (exact) mass is 411 g/mol. The highest BCUT2D eigenvalue weighted by Crippen LogP contribution is 2.38. The summed E-state index contributed by atoms with van der Waals surface area (Å²) in [5.74, 6) is -0.598. The van der Waals surface area contributed by atoms with Gasteiger partial charge in [0.05, 0.1) is 28.1 Å². The number of benzene rings is 1. The van der Waals surface area contributed by atoms with Gasteiger partial charge in [-0.25, -0.2) is 0 Å². The topological polar surface area (TPSA) is 154 Å². The van der Waals surface area contributed by atoms with Gasteiger partial charge in [-0.05, 0) is 6.92 Å². The lowest BCUT2D eigenvalue weighted by molar-refractivity contribution is -0.384. The van der Waals surface area contributed by atoms with E-state index in [1.807, 2.05) is 0 Å². The van der Waals surface area contributed by atoms with Crippen molar-refractivity contribution in [2.45, 2.75) is 13.5 Å². The molecule has 2 aromatic rings. The van der Waals surface area contributed by atoms with Gasteiger partial charge in [0, 0.05) is 17.7 Å². The first kappa shape index (κ1) is 20.3. The average molecular weight is 412 g/mol. The van der Waals surface area contributed by atoms with E-state index in [-0.39, 0.29) is 44.8 Å². The van der Waals surface area contributed by atoms with Gasteiger partial charge in [-0.1, -0.05) is 23.2 Å². The summed E-state index contributed by atoms with van der Waals surface area (Å²) >= 11 is 11.9. The zero-order valence-electron chi connectivity index (χ0n) is 13.7. The smallest absolute Gasteiger partial charge is 0.281 e. The summed E-state index contributed by atoms with van der Waals surface area (Å²) in [4.78, 5) is 22.6. The SMILES string of the molecule is Cc1c(C#N)c(O)n(CCO)c(=O)c1N=Nc1c(Cl)cc([N+](=O)[O-])cc1Cl. The summed E-state index contributed by atoms with van der Waals surface area (Å²) in [5.41, 5.74) is -1.67. The van der Waals surface area contributed by atoms with Gasteiger partial charge in [0.25, 0.3) is 11.2 Å². The summed E-state index contributed by atoms with van der Waals surface area (Å²) in [5, 5.41) is 46.3. The molecule has 0 fully saturated rings. The van der Waals surface area contributed by atoms with Crippen LogP contribution in [-0.2, 0) is 6.54 Å². The Morgan fingerprint density at radius 1 is 1.30 bits per heavy atom. The molecule has 0 aliphatic carbocycles. The number of azo groups is 1. The van der Waals surface area contributed by atoms with Crippen molar-refractivity contribution in [2.75, 3.05) is 6.61 Å². The molecule has 0 atom stereocenters. The van der Waals surface area contributed by atoms with Crippen molar-refractivity contribution < 1.29 is 15.1 Å². The van der Waals surface area contributed by atoms with Crippen LogP contribution >= 0.6 is 23.2 Å². The third-order valence-corrected chi connectivity index (χ3v) is 4.13. The first-order valence-corrected chi connectivity index (χ1v) is 8.01. The van der Waals surface area contributed by atoms with Crippen molar-refractivity contribution in [3.05, 3.63) is 53.8 Å². The van der Waals surface area contributed by atoms with Crippen LogP contribution in [0.1, 0.15) is 11.1 Å². The summed E-state index contributed by atoms with van der Waals surface area (Å²) in [6.07, 6.45) is 0. The summed E-state index contributed by atoms with van der Waals surface area (Å²) in [7, 11) is 0. The number of pyridine rings is 1. The van der Waals surface area contributed by atoms with Crippen molar-refractivity contribution in [1.29, 1.82) is 5.26 Å². The van der Waals surface area contributed by atoms with Gasteiger partial charge in [0.1, 0.15) is 17.3 Å². The second kappa shape index (κ2) is 8.13. The fourth-order valence-corrected chi connectivity index (χ4v) is 2.77. The van der Waals surface area contributed by atoms with Crippen LogP contribution in [0.25, 0.3) is 0 Å². The minimum atomic E-state index is -0.795. The molecule has 0 saturated heterocycles. The number of nitro groups is 1. The Morgan fingerprint density at radius 3 is 2.33 bits per heavy atom. The number of nitro benzene ring substituents is 1. The lowest BCUT2D eigenvalue weighted by Crippen LogP contribution is -2.23. The number of aliphatic hydroxyl groups is 1. The molecule has 1 aromatic carbocycles. The van der Waals surface area contributed by atoms with Gasteiger partial charge in [-0.2, -0.15) is 5.26 Å². The Labute approximate surface area is 161 Å². The maximum atomic E-state index is 12.5. The highest BCUT2D eigenvalue weighted by molar-refractivity contribution is 6.39. The molecule has 0 saturated carbocycles.